The predicted molar refractivity (Wildman–Crippen MR) is 114 cm³/mol. The molecule has 0 aromatic heterocycles. The van der Waals surface area contributed by atoms with Gasteiger partial charge in [0.1, 0.15) is 11.8 Å². The molecule has 2 saturated heterocycles. The zero-order chi connectivity index (χ0) is 21.0. The van der Waals surface area contributed by atoms with E-state index in [2.05, 4.69) is 16.3 Å². The van der Waals surface area contributed by atoms with Gasteiger partial charge in [0.15, 0.2) is 0 Å². The number of likely N-dealkylation sites (tertiary alicyclic amines) is 2. The molecule has 1 aromatic carbocycles. The molecular weight excluding hydrogens is 366 g/mol. The van der Waals surface area contributed by atoms with Gasteiger partial charge in [-0.05, 0) is 44.8 Å². The van der Waals surface area contributed by atoms with Crippen molar-refractivity contribution < 1.29 is 14.3 Å². The highest BCUT2D eigenvalue weighted by Crippen LogP contribution is 2.31. The molecule has 3 rings (SSSR count). The monoisotopic (exact) mass is 401 g/mol. The molecule has 1 aromatic rings. The van der Waals surface area contributed by atoms with Crippen molar-refractivity contribution in [1.29, 1.82) is 0 Å². The van der Waals surface area contributed by atoms with Crippen molar-refractivity contribution in [3.63, 3.8) is 0 Å². The lowest BCUT2D eigenvalue weighted by molar-refractivity contribution is -0.144. The Bertz CT molecular complexity index is 722. The number of nitrogens with zero attached hydrogens (tertiary/aromatic N) is 2. The molecule has 6 heteroatoms. The second-order valence-electron chi connectivity index (χ2n) is 9.15. The lowest BCUT2D eigenvalue weighted by Crippen LogP contribution is -2.50. The van der Waals surface area contributed by atoms with Gasteiger partial charge in [0.05, 0.1) is 13.2 Å². The van der Waals surface area contributed by atoms with Gasteiger partial charge in [0.25, 0.3) is 0 Å². The molecule has 2 atom stereocenters. The molecule has 2 unspecified atom stereocenters. The number of hydrogen-bond donors (Lipinski definition) is 1. The van der Waals surface area contributed by atoms with Crippen LogP contribution in [0.4, 0.5) is 0 Å². The van der Waals surface area contributed by atoms with Gasteiger partial charge in [0, 0.05) is 24.1 Å². The fourth-order valence-electron chi connectivity index (χ4n) is 4.46. The number of hydrogen-bond acceptors (Lipinski definition) is 4. The Morgan fingerprint density at radius 1 is 1.14 bits per heavy atom. The smallest absolute Gasteiger partial charge is 0.242 e. The van der Waals surface area contributed by atoms with Crippen LogP contribution in [0.15, 0.2) is 24.3 Å². The third-order valence-electron chi connectivity index (χ3n) is 6.01. The number of amides is 2. The maximum Gasteiger partial charge on any atom is 0.242 e. The second kappa shape index (κ2) is 9.16. The van der Waals surface area contributed by atoms with E-state index in [1.54, 1.807) is 12.0 Å². The SMILES string of the molecule is COc1ccccc1C(CNC(=O)C1CCCN1C(=O)C(C)(C)C)N1CCCC1. The first-order chi connectivity index (χ1) is 13.8. The number of benzene rings is 1. The summed E-state index contributed by atoms with van der Waals surface area (Å²) in [5, 5.41) is 3.16. The summed E-state index contributed by atoms with van der Waals surface area (Å²) in [6, 6.07) is 7.75. The molecule has 2 aliphatic rings. The van der Waals surface area contributed by atoms with Gasteiger partial charge in [-0.2, -0.15) is 0 Å². The summed E-state index contributed by atoms with van der Waals surface area (Å²) in [5.74, 6) is 0.860. The van der Waals surface area contributed by atoms with Gasteiger partial charge >= 0.3 is 0 Å². The van der Waals surface area contributed by atoms with Crippen molar-refractivity contribution in [1.82, 2.24) is 15.1 Å². The predicted octanol–water partition coefficient (Wildman–Crippen LogP) is 2.99. The van der Waals surface area contributed by atoms with Crippen LogP contribution in [0.1, 0.15) is 58.1 Å². The van der Waals surface area contributed by atoms with E-state index in [9.17, 15) is 9.59 Å². The fourth-order valence-corrected chi connectivity index (χ4v) is 4.46. The standard InChI is InChI=1S/C23H35N3O3/c1-23(2,3)22(28)26-15-9-11-18(26)21(27)24-16-19(25-13-7-8-14-25)17-10-5-6-12-20(17)29-4/h5-6,10,12,18-19H,7-9,11,13-16H2,1-4H3,(H,24,27). The van der Waals surface area contributed by atoms with Crippen molar-refractivity contribution in [3.8, 4) is 5.75 Å². The third kappa shape index (κ3) is 4.92. The first-order valence-corrected chi connectivity index (χ1v) is 10.8. The molecule has 2 amide bonds. The number of carbonyl (C=O) groups excluding carboxylic acids is 2. The molecule has 0 saturated carbocycles. The highest BCUT2D eigenvalue weighted by Gasteiger charge is 2.39. The topological polar surface area (TPSA) is 61.9 Å². The Morgan fingerprint density at radius 3 is 2.48 bits per heavy atom. The minimum Gasteiger partial charge on any atom is -0.496 e. The average molecular weight is 402 g/mol. The number of para-hydroxylation sites is 1. The summed E-state index contributed by atoms with van der Waals surface area (Å²) < 4.78 is 5.59. The van der Waals surface area contributed by atoms with Crippen LogP contribution in [-0.2, 0) is 9.59 Å². The van der Waals surface area contributed by atoms with Crippen molar-refractivity contribution >= 4 is 11.8 Å². The highest BCUT2D eigenvalue weighted by molar-refractivity contribution is 5.90. The van der Waals surface area contributed by atoms with Crippen molar-refractivity contribution in [3.05, 3.63) is 29.8 Å². The molecule has 0 radical (unpaired) electrons. The van der Waals surface area contributed by atoms with E-state index >= 15 is 0 Å². The Balaban J connectivity index is 1.72. The van der Waals surface area contributed by atoms with Crippen LogP contribution in [0.5, 0.6) is 5.75 Å². The van der Waals surface area contributed by atoms with Crippen LogP contribution < -0.4 is 10.1 Å². The summed E-state index contributed by atoms with van der Waals surface area (Å²) in [6.07, 6.45) is 3.96. The number of carbonyl (C=O) groups is 2. The molecule has 0 bridgehead atoms. The normalized spacial score (nSPS) is 21.2. The van der Waals surface area contributed by atoms with Crippen molar-refractivity contribution in [2.75, 3.05) is 33.3 Å². The molecule has 2 aliphatic heterocycles. The Hall–Kier alpha value is -2.08. The molecule has 2 fully saturated rings. The number of ether oxygens (including phenoxy) is 1. The molecule has 0 aliphatic carbocycles. The lowest BCUT2D eigenvalue weighted by Gasteiger charge is -2.32. The third-order valence-corrected chi connectivity index (χ3v) is 6.01. The van der Waals surface area contributed by atoms with E-state index in [4.69, 9.17) is 4.74 Å². The van der Waals surface area contributed by atoms with E-state index in [0.29, 0.717) is 13.1 Å². The van der Waals surface area contributed by atoms with Crippen molar-refractivity contribution in [2.24, 2.45) is 5.41 Å². The van der Waals surface area contributed by atoms with E-state index in [-0.39, 0.29) is 23.9 Å². The molecule has 2 heterocycles. The second-order valence-corrected chi connectivity index (χ2v) is 9.15. The fraction of sp³-hybridized carbons (Fsp3) is 0.652. The van der Waals surface area contributed by atoms with Gasteiger partial charge in [-0.25, -0.2) is 0 Å². The summed E-state index contributed by atoms with van der Waals surface area (Å²) in [7, 11) is 1.69. The zero-order valence-electron chi connectivity index (χ0n) is 18.2. The Morgan fingerprint density at radius 2 is 1.83 bits per heavy atom. The summed E-state index contributed by atoms with van der Waals surface area (Å²) in [6.45, 7) is 8.96. The quantitative estimate of drug-likeness (QED) is 0.796. The van der Waals surface area contributed by atoms with Crippen LogP contribution in [0.3, 0.4) is 0 Å². The number of rotatable bonds is 6. The van der Waals surface area contributed by atoms with Gasteiger partial charge in [0.2, 0.25) is 11.8 Å². The lowest BCUT2D eigenvalue weighted by atomic mass is 9.94. The van der Waals surface area contributed by atoms with E-state index in [1.165, 1.54) is 12.8 Å². The van der Waals surface area contributed by atoms with E-state index < -0.39 is 5.41 Å². The molecule has 160 valence electrons. The minimum atomic E-state index is -0.474. The Kier molecular flexibility index (Phi) is 6.83. The maximum absolute atomic E-state index is 13.0. The Labute approximate surface area is 174 Å². The maximum atomic E-state index is 13.0. The molecule has 0 spiro atoms. The molecule has 1 N–H and O–H groups in total. The zero-order valence-corrected chi connectivity index (χ0v) is 18.2. The van der Waals surface area contributed by atoms with Gasteiger partial charge in [-0.15, -0.1) is 0 Å². The summed E-state index contributed by atoms with van der Waals surface area (Å²) in [4.78, 5) is 30.0. The molecular formula is C23H35N3O3. The summed E-state index contributed by atoms with van der Waals surface area (Å²) >= 11 is 0. The minimum absolute atomic E-state index is 0.0424. The van der Waals surface area contributed by atoms with Crippen LogP contribution in [0, 0.1) is 5.41 Å². The number of nitrogens with one attached hydrogen (secondary N) is 1. The van der Waals surface area contributed by atoms with Crippen LogP contribution in [0.25, 0.3) is 0 Å². The van der Waals surface area contributed by atoms with Crippen LogP contribution in [-0.4, -0.2) is 60.9 Å². The molecule has 6 nitrogen and oxygen atoms in total. The molecule has 29 heavy (non-hydrogen) atoms. The first kappa shape index (κ1) is 21.6. The van der Waals surface area contributed by atoms with E-state index in [1.807, 2.05) is 39.0 Å². The largest absolute Gasteiger partial charge is 0.496 e. The van der Waals surface area contributed by atoms with Crippen molar-refractivity contribution in [2.45, 2.75) is 58.5 Å². The van der Waals surface area contributed by atoms with Crippen LogP contribution >= 0.6 is 0 Å². The summed E-state index contributed by atoms with van der Waals surface area (Å²) in [5.41, 5.74) is 0.629. The average Bonchev–Trinajstić information content (AvgIpc) is 3.39. The van der Waals surface area contributed by atoms with Gasteiger partial charge < -0.3 is 15.0 Å². The van der Waals surface area contributed by atoms with Crippen LogP contribution in [0.2, 0.25) is 0 Å². The first-order valence-electron chi connectivity index (χ1n) is 10.8. The van der Waals surface area contributed by atoms with E-state index in [0.717, 1.165) is 37.2 Å². The van der Waals surface area contributed by atoms with Gasteiger partial charge in [-0.3, -0.25) is 14.5 Å². The number of methoxy groups -OCH3 is 1. The highest BCUT2D eigenvalue weighted by atomic mass is 16.5. The van der Waals surface area contributed by atoms with Gasteiger partial charge in [-0.1, -0.05) is 39.0 Å².